The van der Waals surface area contributed by atoms with Crippen molar-refractivity contribution in [3.8, 4) is 0 Å². The molecule has 6 N–H and O–H groups in total. The Kier molecular flexibility index (Phi) is 33.8. The minimum absolute atomic E-state index is 0. The fourth-order valence-electron chi connectivity index (χ4n) is 2.42. The maximum Gasteiger partial charge on any atom is 1.00 e. The Bertz CT molecular complexity index is 1030. The molecule has 0 aromatic heterocycles. The summed E-state index contributed by atoms with van der Waals surface area (Å²) in [5.41, 5.74) is 0. The topological polar surface area (TPSA) is 418 Å². The molecule has 1 fully saturated rings. The zero-order valence-electron chi connectivity index (χ0n) is 22.2. The molecule has 36 heteroatoms. The van der Waals surface area contributed by atoms with Crippen molar-refractivity contribution < 1.29 is 291 Å². The van der Waals surface area contributed by atoms with E-state index >= 15 is 0 Å². The summed E-state index contributed by atoms with van der Waals surface area (Å²) in [6, 6.07) is 0. The van der Waals surface area contributed by atoms with E-state index in [9.17, 15) is 77.0 Å². The second kappa shape index (κ2) is 23.4. The third-order valence-corrected chi connectivity index (χ3v) is 9.78. The molecule has 0 amide bonds. The van der Waals surface area contributed by atoms with Gasteiger partial charge in [-0.15, -0.1) is 0 Å². The molecular weight excluding hydrogens is 780 g/mol. The van der Waals surface area contributed by atoms with Crippen LogP contribution in [0, 0.1) is 0 Å². The fourth-order valence-corrected chi connectivity index (χ4v) is 7.55. The van der Waals surface area contributed by atoms with E-state index in [2.05, 4.69) is 26.5 Å². The van der Waals surface area contributed by atoms with Gasteiger partial charge in [0, 0.05) is 0 Å². The molecule has 216 valence electrons. The van der Waals surface area contributed by atoms with Crippen LogP contribution in [0.5, 0.6) is 0 Å². The molecule has 0 aromatic carbocycles. The van der Waals surface area contributed by atoms with Crippen LogP contribution < -0.4 is 207 Å². The van der Waals surface area contributed by atoms with Crippen molar-refractivity contribution in [3.63, 3.8) is 0 Å². The monoisotopic (exact) mass is 792 g/mol. The summed E-state index contributed by atoms with van der Waals surface area (Å²) in [7, 11) is -38.3. The first kappa shape index (κ1) is 60.7. The minimum Gasteiger partial charge on any atom is -0.790 e. The Balaban J connectivity index is -0.000000540. The first-order chi connectivity index (χ1) is 15.6. The molecule has 1 aliphatic rings. The molecule has 0 saturated heterocycles. The van der Waals surface area contributed by atoms with Crippen LogP contribution in [0.25, 0.3) is 0 Å². The molecule has 0 radical (unpaired) electrons. The predicted molar refractivity (Wildman–Crippen MR) is 88.2 cm³/mol. The average Bonchev–Trinajstić information content (AvgIpc) is 2.53. The fraction of sp³-hybridized carbons (Fsp3) is 1.00. The zero-order chi connectivity index (χ0) is 28.7. The summed E-state index contributed by atoms with van der Waals surface area (Å²) in [5, 5.41) is 29.8. The van der Waals surface area contributed by atoms with Crippen molar-refractivity contribution in [3.05, 3.63) is 0 Å². The Hall–Kier alpha value is 6.66. The maximum absolute atomic E-state index is 11.8. The van der Waals surface area contributed by atoms with Crippen LogP contribution in [0.3, 0.4) is 0 Å². The van der Waals surface area contributed by atoms with Crippen LogP contribution in [0.2, 0.25) is 0 Å². The molecule has 1 saturated carbocycles. The summed E-state index contributed by atoms with van der Waals surface area (Å²) in [5.74, 6) is 0. The average molecular weight is 792 g/mol. The number of phosphoric ester groups is 3. The Morgan fingerprint density at radius 2 is 0.738 bits per heavy atom. The quantitative estimate of drug-likeness (QED) is 0.0789. The standard InChI is InChI=1S/C6H18O24P6.6Na/c7-1-2(8)4(25-34(19,20)28-31(10,11)12)6(27-36(23,24)30-33(16,17)18)5(3(1)9)26-35(21,22)29-32(13,14)15;;;;;;/h1-9H,(H,19,20)(H,21,22)(H,23,24)(H2,10,11,12)(H2,13,14,15)(H2,16,17,18);;;;;;/q;6*+1/p-6/t1-,2-,3+,4+,5-,6+;;;;;;. The number of aliphatic hydroxyl groups excluding tert-OH is 3. The first-order valence-electron chi connectivity index (χ1n) is 7.92. The molecule has 0 heterocycles. The smallest absolute Gasteiger partial charge is 0.790 e. The van der Waals surface area contributed by atoms with Crippen molar-refractivity contribution in [2.24, 2.45) is 0 Å². The Labute approximate surface area is 368 Å². The third-order valence-electron chi connectivity index (χ3n) is 3.39. The van der Waals surface area contributed by atoms with Gasteiger partial charge in [-0.05, 0) is 0 Å². The molecule has 1 rings (SSSR count). The third kappa shape index (κ3) is 24.0. The number of aliphatic hydroxyl groups is 3. The number of phosphoric acid groups is 6. The van der Waals surface area contributed by atoms with Gasteiger partial charge in [-0.1, -0.05) is 0 Å². The molecule has 0 bridgehead atoms. The van der Waals surface area contributed by atoms with E-state index in [0.29, 0.717) is 0 Å². The summed E-state index contributed by atoms with van der Waals surface area (Å²) in [6.45, 7) is 0. The van der Waals surface area contributed by atoms with Crippen LogP contribution in [-0.2, 0) is 53.9 Å². The van der Waals surface area contributed by atoms with Crippen LogP contribution in [0.4, 0.5) is 0 Å². The van der Waals surface area contributed by atoms with Crippen molar-refractivity contribution in [1.82, 2.24) is 0 Å². The molecule has 24 nitrogen and oxygen atoms in total. The second-order valence-corrected chi connectivity index (χ2v) is 14.3. The van der Waals surface area contributed by atoms with Gasteiger partial charge in [0.25, 0.3) is 15.6 Å². The number of hydrogen-bond donors (Lipinski definition) is 6. The van der Waals surface area contributed by atoms with E-state index in [1.165, 1.54) is 0 Å². The SMILES string of the molecule is O=P([O-])([O-])OP(=O)([O-])O[C@@H]1[C@H](OP(=O)([O-])OP(=O)([O-])[O-])[C@@H](O)[C@H](O)[C@@H](O)[C@@H]1OP(=O)(O)OP(=O)(O)O.[Na+].[Na+].[Na+].[Na+].[Na+].[Na+]. The van der Waals surface area contributed by atoms with E-state index < -0.39 is 83.6 Å². The molecule has 3 unspecified atom stereocenters. The minimum atomic E-state index is -6.62. The molecular formula is C6H12Na6O24P6. The first-order valence-corrected chi connectivity index (χ1v) is 16.8. The molecule has 9 atom stereocenters. The van der Waals surface area contributed by atoms with Gasteiger partial charge in [-0.2, -0.15) is 4.31 Å². The van der Waals surface area contributed by atoms with Gasteiger partial charge >= 0.3 is 193 Å². The Morgan fingerprint density at radius 1 is 0.452 bits per heavy atom. The molecule has 0 spiro atoms. The van der Waals surface area contributed by atoms with Crippen molar-refractivity contribution in [2.75, 3.05) is 0 Å². The van der Waals surface area contributed by atoms with E-state index in [-0.39, 0.29) is 177 Å². The molecule has 42 heavy (non-hydrogen) atoms. The molecule has 0 aromatic rings. The van der Waals surface area contributed by atoms with Crippen molar-refractivity contribution >= 4 is 46.9 Å². The van der Waals surface area contributed by atoms with Gasteiger partial charge in [0.05, 0.1) is 15.6 Å². The largest absolute Gasteiger partial charge is 1.00 e. The van der Waals surface area contributed by atoms with E-state index in [1.807, 2.05) is 0 Å². The maximum atomic E-state index is 11.8. The summed E-state index contributed by atoms with van der Waals surface area (Å²) in [6.07, 6.45) is -18.4. The second-order valence-electron chi connectivity index (χ2n) is 6.17. The molecule has 0 aliphatic heterocycles. The van der Waals surface area contributed by atoms with Crippen molar-refractivity contribution in [1.29, 1.82) is 0 Å². The van der Waals surface area contributed by atoms with Crippen LogP contribution >= 0.6 is 46.9 Å². The van der Waals surface area contributed by atoms with Crippen LogP contribution in [0.1, 0.15) is 0 Å². The summed E-state index contributed by atoms with van der Waals surface area (Å²) < 4.78 is 88.4. The van der Waals surface area contributed by atoms with E-state index in [0.717, 1.165) is 0 Å². The van der Waals surface area contributed by atoms with Gasteiger partial charge < -0.3 is 77.5 Å². The van der Waals surface area contributed by atoms with Gasteiger partial charge in [0.15, 0.2) is 0 Å². The predicted octanol–water partition coefficient (Wildman–Crippen LogP) is -24.9. The van der Waals surface area contributed by atoms with Gasteiger partial charge in [0.1, 0.15) is 36.6 Å². The van der Waals surface area contributed by atoms with Crippen LogP contribution in [0.15, 0.2) is 0 Å². The zero-order valence-corrected chi connectivity index (χ0v) is 39.5. The summed E-state index contributed by atoms with van der Waals surface area (Å²) >= 11 is 0. The summed E-state index contributed by atoms with van der Waals surface area (Å²) in [4.78, 5) is 92.4. The molecule has 1 aliphatic carbocycles. The van der Waals surface area contributed by atoms with E-state index in [1.54, 1.807) is 0 Å². The van der Waals surface area contributed by atoms with Crippen LogP contribution in [-0.4, -0.2) is 66.6 Å². The van der Waals surface area contributed by atoms with Gasteiger partial charge in [-0.25, -0.2) is 9.13 Å². The Morgan fingerprint density at radius 3 is 1.02 bits per heavy atom. The van der Waals surface area contributed by atoms with Gasteiger partial charge in [-0.3, -0.25) is 22.3 Å². The normalized spacial score (nSPS) is 28.6. The van der Waals surface area contributed by atoms with Gasteiger partial charge in [0.2, 0.25) is 0 Å². The number of hydrogen-bond acceptors (Lipinski definition) is 21. The van der Waals surface area contributed by atoms with E-state index in [4.69, 9.17) is 9.79 Å². The van der Waals surface area contributed by atoms with Crippen molar-refractivity contribution in [2.45, 2.75) is 36.6 Å². The number of rotatable bonds is 12.